The molecule has 5 rings (SSSR count). The molecule has 3 fully saturated rings. The van der Waals surface area contributed by atoms with E-state index >= 15 is 0 Å². The average Bonchev–Trinajstić information content (AvgIpc) is 2.90. The molecule has 3 aliphatic heterocycles. The molecule has 1 aromatic carbocycles. The summed E-state index contributed by atoms with van der Waals surface area (Å²) in [5.74, 6) is -1.47. The van der Waals surface area contributed by atoms with Gasteiger partial charge in [0.05, 0.1) is 23.4 Å². The molecule has 1 aromatic rings. The molecule has 3 N–H and O–H groups in total. The molecular formula is C16H15F5N2O4. The predicted molar refractivity (Wildman–Crippen MR) is 80.5 cm³/mol. The van der Waals surface area contributed by atoms with Gasteiger partial charge in [-0.15, -0.1) is 8.78 Å². The highest BCUT2D eigenvalue weighted by molar-refractivity contribution is 6.01. The summed E-state index contributed by atoms with van der Waals surface area (Å²) in [6, 6.07) is 2.31. The number of ether oxygens (including phenoxy) is 3. The van der Waals surface area contributed by atoms with E-state index in [2.05, 4.69) is 14.8 Å². The molecule has 0 atom stereocenters. The van der Waals surface area contributed by atoms with Gasteiger partial charge in [-0.1, -0.05) is 0 Å². The Labute approximate surface area is 149 Å². The van der Waals surface area contributed by atoms with Crippen LogP contribution in [0, 0.1) is 0 Å². The van der Waals surface area contributed by atoms with Crippen molar-refractivity contribution in [3.63, 3.8) is 0 Å². The summed E-state index contributed by atoms with van der Waals surface area (Å²) in [5.41, 5.74) is 2.16. The highest BCUT2D eigenvalue weighted by Crippen LogP contribution is 2.52. The SMILES string of the molecule is Nc1c(C(=O)NC23CCC(C(F)(F)F)(CC2)OC3)ccc2c1OC(F)(F)O2. The van der Waals surface area contributed by atoms with Crippen LogP contribution in [0.3, 0.4) is 0 Å². The average molecular weight is 394 g/mol. The Hall–Kier alpha value is -2.30. The summed E-state index contributed by atoms with van der Waals surface area (Å²) in [6.07, 6.45) is -8.72. The summed E-state index contributed by atoms with van der Waals surface area (Å²) < 4.78 is 79.6. The van der Waals surface area contributed by atoms with Crippen LogP contribution >= 0.6 is 0 Å². The van der Waals surface area contributed by atoms with Crippen molar-refractivity contribution < 1.29 is 41.0 Å². The molecule has 4 aliphatic rings. The fourth-order valence-corrected chi connectivity index (χ4v) is 3.76. The van der Waals surface area contributed by atoms with Gasteiger partial charge in [0.15, 0.2) is 17.1 Å². The first-order valence-corrected chi connectivity index (χ1v) is 8.18. The van der Waals surface area contributed by atoms with Crippen LogP contribution in [0.25, 0.3) is 0 Å². The fraction of sp³-hybridized carbons (Fsp3) is 0.562. The van der Waals surface area contributed by atoms with Gasteiger partial charge in [-0.3, -0.25) is 4.79 Å². The van der Waals surface area contributed by atoms with Gasteiger partial charge in [0, 0.05) is 0 Å². The minimum absolute atomic E-state index is 0.0841. The Morgan fingerprint density at radius 1 is 1.11 bits per heavy atom. The third-order valence-electron chi connectivity index (χ3n) is 5.39. The van der Waals surface area contributed by atoms with Gasteiger partial charge in [0.25, 0.3) is 5.91 Å². The molecule has 6 nitrogen and oxygen atoms in total. The highest BCUT2D eigenvalue weighted by atomic mass is 19.4. The number of anilines is 1. The molecule has 2 saturated heterocycles. The number of hydrogen-bond donors (Lipinski definition) is 2. The summed E-state index contributed by atoms with van der Waals surface area (Å²) in [5, 5.41) is 2.66. The second kappa shape index (κ2) is 5.37. The van der Waals surface area contributed by atoms with Crippen LogP contribution in [-0.2, 0) is 4.74 Å². The summed E-state index contributed by atoms with van der Waals surface area (Å²) in [6.45, 7) is -0.291. The molecular weight excluding hydrogens is 379 g/mol. The predicted octanol–water partition coefficient (Wildman–Crippen LogP) is 2.96. The monoisotopic (exact) mass is 394 g/mol. The van der Waals surface area contributed by atoms with Gasteiger partial charge in [-0.05, 0) is 37.8 Å². The van der Waals surface area contributed by atoms with Gasteiger partial charge in [0.1, 0.15) is 0 Å². The molecule has 148 valence electrons. The van der Waals surface area contributed by atoms with E-state index < -0.39 is 35.3 Å². The maximum Gasteiger partial charge on any atom is 0.586 e. The van der Waals surface area contributed by atoms with Crippen molar-refractivity contribution in [3.05, 3.63) is 17.7 Å². The number of benzene rings is 1. The number of nitrogens with one attached hydrogen (secondary N) is 1. The number of alkyl halides is 5. The van der Waals surface area contributed by atoms with Crippen molar-refractivity contribution in [2.24, 2.45) is 0 Å². The lowest BCUT2D eigenvalue weighted by molar-refractivity contribution is -0.317. The molecule has 0 spiro atoms. The summed E-state index contributed by atoms with van der Waals surface area (Å²) in [4.78, 5) is 12.6. The normalized spacial score (nSPS) is 31.0. The quantitative estimate of drug-likeness (QED) is 0.595. The molecule has 2 bridgehead atoms. The lowest BCUT2D eigenvalue weighted by atomic mass is 9.70. The molecule has 1 amide bonds. The maximum absolute atomic E-state index is 13.2. The minimum atomic E-state index is -4.48. The number of halogens is 5. The number of amides is 1. The van der Waals surface area contributed by atoms with Crippen LogP contribution in [-0.4, -0.2) is 36.1 Å². The second-order valence-electron chi connectivity index (χ2n) is 7.04. The van der Waals surface area contributed by atoms with Gasteiger partial charge >= 0.3 is 12.5 Å². The lowest BCUT2D eigenvalue weighted by Gasteiger charge is -2.53. The first-order valence-electron chi connectivity index (χ1n) is 8.18. The summed E-state index contributed by atoms with van der Waals surface area (Å²) >= 11 is 0. The molecule has 3 heterocycles. The third kappa shape index (κ3) is 2.75. The van der Waals surface area contributed by atoms with Gasteiger partial charge < -0.3 is 25.3 Å². The molecule has 0 aromatic heterocycles. The van der Waals surface area contributed by atoms with Crippen molar-refractivity contribution in [1.82, 2.24) is 5.32 Å². The van der Waals surface area contributed by atoms with E-state index in [1.165, 1.54) is 6.07 Å². The smallest absolute Gasteiger partial charge is 0.395 e. The molecule has 0 radical (unpaired) electrons. The topological polar surface area (TPSA) is 82.8 Å². The maximum atomic E-state index is 13.2. The van der Waals surface area contributed by atoms with E-state index in [0.717, 1.165) is 6.07 Å². The van der Waals surface area contributed by atoms with Gasteiger partial charge in [-0.25, -0.2) is 0 Å². The fourth-order valence-electron chi connectivity index (χ4n) is 3.76. The zero-order valence-corrected chi connectivity index (χ0v) is 13.8. The van der Waals surface area contributed by atoms with Gasteiger partial charge in [-0.2, -0.15) is 13.2 Å². The highest BCUT2D eigenvalue weighted by Gasteiger charge is 2.63. The number of carbonyl (C=O) groups is 1. The lowest BCUT2D eigenvalue weighted by Crippen LogP contribution is -2.66. The third-order valence-corrected chi connectivity index (χ3v) is 5.39. The van der Waals surface area contributed by atoms with Gasteiger partial charge in [0.2, 0.25) is 0 Å². The number of rotatable bonds is 2. The Bertz CT molecular complexity index is 786. The van der Waals surface area contributed by atoms with E-state index in [1.807, 2.05) is 0 Å². The number of nitrogens with two attached hydrogens (primary N) is 1. The Kier molecular flexibility index (Phi) is 3.59. The number of hydrogen-bond acceptors (Lipinski definition) is 5. The Morgan fingerprint density at radius 2 is 1.78 bits per heavy atom. The van der Waals surface area contributed by atoms with E-state index in [4.69, 9.17) is 10.5 Å². The first kappa shape index (κ1) is 18.1. The Balaban J connectivity index is 1.52. The van der Waals surface area contributed by atoms with Crippen LogP contribution in [0.4, 0.5) is 27.6 Å². The van der Waals surface area contributed by atoms with E-state index in [1.54, 1.807) is 0 Å². The van der Waals surface area contributed by atoms with Crippen molar-refractivity contribution in [3.8, 4) is 11.5 Å². The van der Waals surface area contributed by atoms with Crippen molar-refractivity contribution in [2.45, 2.75) is 49.3 Å². The van der Waals surface area contributed by atoms with E-state index in [-0.39, 0.29) is 49.3 Å². The van der Waals surface area contributed by atoms with Crippen LogP contribution in [0.2, 0.25) is 0 Å². The van der Waals surface area contributed by atoms with Crippen LogP contribution in [0.15, 0.2) is 12.1 Å². The zero-order chi connectivity index (χ0) is 19.7. The standard InChI is InChI=1S/C16H15F5N2O4/c17-15(18,19)14-5-3-13(4-6-14,7-25-14)23-12(24)8-1-2-9-11(10(8)22)27-16(20,21)26-9/h1-2H,3-7,22H2,(H,23,24). The minimum Gasteiger partial charge on any atom is -0.395 e. The van der Waals surface area contributed by atoms with E-state index in [9.17, 15) is 26.7 Å². The Morgan fingerprint density at radius 3 is 2.33 bits per heavy atom. The van der Waals surface area contributed by atoms with Crippen LogP contribution in [0.1, 0.15) is 36.0 Å². The van der Waals surface area contributed by atoms with Crippen LogP contribution < -0.4 is 20.5 Å². The number of nitrogen functional groups attached to an aromatic ring is 1. The van der Waals surface area contributed by atoms with Crippen molar-refractivity contribution in [1.29, 1.82) is 0 Å². The largest absolute Gasteiger partial charge is 0.586 e. The van der Waals surface area contributed by atoms with Crippen molar-refractivity contribution >= 4 is 11.6 Å². The number of fused-ring (bicyclic) bond motifs is 4. The summed E-state index contributed by atoms with van der Waals surface area (Å²) in [7, 11) is 0. The molecule has 1 saturated carbocycles. The van der Waals surface area contributed by atoms with E-state index in [0.29, 0.717) is 0 Å². The molecule has 11 heteroatoms. The van der Waals surface area contributed by atoms with Crippen molar-refractivity contribution in [2.75, 3.05) is 12.3 Å². The number of carbonyl (C=O) groups excluding carboxylic acids is 1. The molecule has 1 aliphatic carbocycles. The van der Waals surface area contributed by atoms with Crippen LogP contribution in [0.5, 0.6) is 11.5 Å². The first-order chi connectivity index (χ1) is 12.5. The molecule has 0 unspecified atom stereocenters. The second-order valence-corrected chi connectivity index (χ2v) is 7.04. The molecule has 27 heavy (non-hydrogen) atoms. The zero-order valence-electron chi connectivity index (χ0n) is 13.8.